The summed E-state index contributed by atoms with van der Waals surface area (Å²) in [5, 5.41) is 14.5. The van der Waals surface area contributed by atoms with Crippen LogP contribution in [0.2, 0.25) is 0 Å². The molecule has 6 heteroatoms. The van der Waals surface area contributed by atoms with Gasteiger partial charge in [-0.2, -0.15) is 0 Å². The number of aliphatic carboxylic acids is 1. The fourth-order valence-corrected chi connectivity index (χ4v) is 1.73. The highest BCUT2D eigenvalue weighted by atomic mass is 16.4. The van der Waals surface area contributed by atoms with Gasteiger partial charge in [-0.3, -0.25) is 9.59 Å². The van der Waals surface area contributed by atoms with Gasteiger partial charge in [0.1, 0.15) is 6.04 Å². The Morgan fingerprint density at radius 2 is 2.31 bits per heavy atom. The summed E-state index contributed by atoms with van der Waals surface area (Å²) in [6.45, 7) is 2.44. The third kappa shape index (κ3) is 3.46. The molecular weight excluding hydrogens is 210 g/mol. The van der Waals surface area contributed by atoms with E-state index in [1.165, 1.54) is 0 Å². The van der Waals surface area contributed by atoms with Crippen LogP contribution in [0.3, 0.4) is 0 Å². The Morgan fingerprint density at radius 3 is 2.88 bits per heavy atom. The van der Waals surface area contributed by atoms with Crippen molar-refractivity contribution < 1.29 is 14.7 Å². The largest absolute Gasteiger partial charge is 0.480 e. The number of carboxylic acid groups (broad SMARTS) is 1. The summed E-state index contributed by atoms with van der Waals surface area (Å²) >= 11 is 0. The predicted octanol–water partition coefficient (Wildman–Crippen LogP) is -0.955. The van der Waals surface area contributed by atoms with E-state index in [0.29, 0.717) is 19.4 Å². The first kappa shape index (κ1) is 12.9. The van der Waals surface area contributed by atoms with Crippen LogP contribution in [0.4, 0.5) is 0 Å². The van der Waals surface area contributed by atoms with Crippen molar-refractivity contribution in [2.75, 3.05) is 6.54 Å². The Kier molecular flexibility index (Phi) is 4.70. The third-order valence-electron chi connectivity index (χ3n) is 2.82. The van der Waals surface area contributed by atoms with E-state index in [-0.39, 0.29) is 11.9 Å². The van der Waals surface area contributed by atoms with Gasteiger partial charge in [0.2, 0.25) is 5.91 Å². The first-order valence-electron chi connectivity index (χ1n) is 5.56. The van der Waals surface area contributed by atoms with Gasteiger partial charge in [0.05, 0.1) is 6.04 Å². The van der Waals surface area contributed by atoms with Crippen molar-refractivity contribution in [3.63, 3.8) is 0 Å². The van der Waals surface area contributed by atoms with Crippen molar-refractivity contribution in [1.82, 2.24) is 10.6 Å². The summed E-state index contributed by atoms with van der Waals surface area (Å²) in [5.41, 5.74) is 5.58. The van der Waals surface area contributed by atoms with Gasteiger partial charge in [-0.25, -0.2) is 0 Å². The lowest BCUT2D eigenvalue weighted by molar-refractivity contribution is -0.140. The quantitative estimate of drug-likeness (QED) is 0.497. The Morgan fingerprint density at radius 1 is 1.62 bits per heavy atom. The van der Waals surface area contributed by atoms with Crippen LogP contribution < -0.4 is 16.4 Å². The number of piperidine rings is 1. The molecule has 3 atom stereocenters. The monoisotopic (exact) mass is 229 g/mol. The minimum Gasteiger partial charge on any atom is -0.480 e. The van der Waals surface area contributed by atoms with Gasteiger partial charge >= 0.3 is 5.97 Å². The highest BCUT2D eigenvalue weighted by molar-refractivity contribution is 5.82. The van der Waals surface area contributed by atoms with Gasteiger partial charge in [0, 0.05) is 6.04 Å². The zero-order chi connectivity index (χ0) is 12.1. The average molecular weight is 229 g/mol. The number of hydrogen-bond donors (Lipinski definition) is 4. The predicted molar refractivity (Wildman–Crippen MR) is 58.9 cm³/mol. The van der Waals surface area contributed by atoms with E-state index in [1.807, 2.05) is 6.92 Å². The topological polar surface area (TPSA) is 104 Å². The maximum absolute atomic E-state index is 11.5. The van der Waals surface area contributed by atoms with Crippen molar-refractivity contribution >= 4 is 11.9 Å². The highest BCUT2D eigenvalue weighted by Crippen LogP contribution is 2.09. The first-order valence-corrected chi connectivity index (χ1v) is 5.56. The van der Waals surface area contributed by atoms with Crippen molar-refractivity contribution in [3.05, 3.63) is 0 Å². The van der Waals surface area contributed by atoms with Crippen LogP contribution in [0.15, 0.2) is 0 Å². The molecule has 0 saturated carbocycles. The standard InChI is InChI=1S/C10H19N3O3/c1-2-7(11)9(14)13-6-3-4-12-8(5-6)10(15)16/h6-8,12H,2-5,11H2,1H3,(H,13,14)(H,15,16). The molecule has 0 aliphatic carbocycles. The number of carbonyl (C=O) groups is 2. The van der Waals surface area contributed by atoms with Gasteiger partial charge < -0.3 is 21.5 Å². The molecule has 1 fully saturated rings. The molecule has 1 aliphatic heterocycles. The van der Waals surface area contributed by atoms with E-state index in [9.17, 15) is 9.59 Å². The molecule has 0 bridgehead atoms. The van der Waals surface area contributed by atoms with Crippen LogP contribution in [0, 0.1) is 0 Å². The molecule has 1 rings (SSSR count). The zero-order valence-corrected chi connectivity index (χ0v) is 9.40. The fourth-order valence-electron chi connectivity index (χ4n) is 1.73. The van der Waals surface area contributed by atoms with Crippen LogP contribution in [0.25, 0.3) is 0 Å². The van der Waals surface area contributed by atoms with E-state index in [0.717, 1.165) is 6.42 Å². The molecule has 6 nitrogen and oxygen atoms in total. The Hall–Kier alpha value is -1.14. The number of nitrogens with one attached hydrogen (secondary N) is 2. The minimum atomic E-state index is -0.876. The summed E-state index contributed by atoms with van der Waals surface area (Å²) in [7, 11) is 0. The summed E-state index contributed by atoms with van der Waals surface area (Å²) in [6, 6.07) is -1.16. The lowest BCUT2D eigenvalue weighted by Gasteiger charge is -2.29. The van der Waals surface area contributed by atoms with Crippen LogP contribution in [-0.2, 0) is 9.59 Å². The molecule has 1 aliphatic rings. The molecule has 0 radical (unpaired) electrons. The van der Waals surface area contributed by atoms with Crippen molar-refractivity contribution in [3.8, 4) is 0 Å². The summed E-state index contributed by atoms with van der Waals surface area (Å²) in [6.07, 6.45) is 1.74. The maximum atomic E-state index is 11.5. The molecule has 1 amide bonds. The van der Waals surface area contributed by atoms with Gasteiger partial charge in [-0.1, -0.05) is 6.92 Å². The molecule has 1 saturated heterocycles. The number of carboxylic acids is 1. The maximum Gasteiger partial charge on any atom is 0.320 e. The lowest BCUT2D eigenvalue weighted by atomic mass is 9.99. The van der Waals surface area contributed by atoms with E-state index in [1.54, 1.807) is 0 Å². The van der Waals surface area contributed by atoms with Crippen LogP contribution in [0.5, 0.6) is 0 Å². The Balaban J connectivity index is 2.43. The normalized spacial score (nSPS) is 27.1. The second-order valence-corrected chi connectivity index (χ2v) is 4.09. The van der Waals surface area contributed by atoms with E-state index in [4.69, 9.17) is 10.8 Å². The summed E-state index contributed by atoms with van der Waals surface area (Å²) in [4.78, 5) is 22.3. The van der Waals surface area contributed by atoms with Gasteiger partial charge in [0.25, 0.3) is 0 Å². The summed E-state index contributed by atoms with van der Waals surface area (Å²) in [5.74, 6) is -1.07. The molecular formula is C10H19N3O3. The van der Waals surface area contributed by atoms with Gasteiger partial charge in [0.15, 0.2) is 0 Å². The number of rotatable bonds is 4. The smallest absolute Gasteiger partial charge is 0.320 e. The third-order valence-corrected chi connectivity index (χ3v) is 2.82. The zero-order valence-electron chi connectivity index (χ0n) is 9.40. The molecule has 92 valence electrons. The number of carbonyl (C=O) groups excluding carboxylic acids is 1. The first-order chi connectivity index (χ1) is 7.54. The van der Waals surface area contributed by atoms with E-state index in [2.05, 4.69) is 10.6 Å². The second kappa shape index (κ2) is 5.81. The number of hydrogen-bond acceptors (Lipinski definition) is 4. The van der Waals surface area contributed by atoms with Gasteiger partial charge in [-0.15, -0.1) is 0 Å². The van der Waals surface area contributed by atoms with Crippen molar-refractivity contribution in [1.29, 1.82) is 0 Å². The Labute approximate surface area is 94.6 Å². The second-order valence-electron chi connectivity index (χ2n) is 4.09. The molecule has 5 N–H and O–H groups in total. The molecule has 0 aromatic rings. The van der Waals surface area contributed by atoms with Crippen LogP contribution in [0.1, 0.15) is 26.2 Å². The SMILES string of the molecule is CCC(N)C(=O)NC1CCNC(C(=O)O)C1. The molecule has 0 aromatic carbocycles. The highest BCUT2D eigenvalue weighted by Gasteiger charge is 2.28. The molecule has 0 aromatic heterocycles. The molecule has 1 heterocycles. The number of amides is 1. The average Bonchev–Trinajstić information content (AvgIpc) is 2.28. The molecule has 16 heavy (non-hydrogen) atoms. The van der Waals surface area contributed by atoms with Crippen molar-refractivity contribution in [2.45, 2.75) is 44.3 Å². The number of nitrogens with two attached hydrogens (primary N) is 1. The Bertz CT molecular complexity index is 270. The van der Waals surface area contributed by atoms with Gasteiger partial charge in [-0.05, 0) is 25.8 Å². The van der Waals surface area contributed by atoms with Crippen molar-refractivity contribution in [2.24, 2.45) is 5.73 Å². The fraction of sp³-hybridized carbons (Fsp3) is 0.800. The van der Waals surface area contributed by atoms with E-state index >= 15 is 0 Å². The lowest BCUT2D eigenvalue weighted by Crippen LogP contribution is -2.53. The van der Waals surface area contributed by atoms with Crippen LogP contribution >= 0.6 is 0 Å². The van der Waals surface area contributed by atoms with E-state index < -0.39 is 18.1 Å². The summed E-state index contributed by atoms with van der Waals surface area (Å²) < 4.78 is 0. The van der Waals surface area contributed by atoms with Crippen LogP contribution in [-0.4, -0.2) is 41.7 Å². The molecule has 0 spiro atoms. The molecule has 3 unspecified atom stereocenters. The minimum absolute atomic E-state index is 0.0903.